The van der Waals surface area contributed by atoms with E-state index in [-0.39, 0.29) is 12.8 Å². The Hall–Kier alpha value is -2.99. The molecule has 6 nitrogen and oxygen atoms in total. The van der Waals surface area contributed by atoms with Gasteiger partial charge < -0.3 is 23.7 Å². The van der Waals surface area contributed by atoms with Crippen molar-refractivity contribution in [1.82, 2.24) is 0 Å². The van der Waals surface area contributed by atoms with E-state index >= 15 is 0 Å². The summed E-state index contributed by atoms with van der Waals surface area (Å²) in [6.45, 7) is 5.16. The van der Waals surface area contributed by atoms with Crippen LogP contribution in [-0.2, 0) is 20.7 Å². The molecule has 0 aromatic heterocycles. The highest BCUT2D eigenvalue weighted by atomic mass is 16.7. The van der Waals surface area contributed by atoms with E-state index in [2.05, 4.69) is 0 Å². The van der Waals surface area contributed by atoms with Crippen LogP contribution in [0.1, 0.15) is 25.0 Å². The van der Waals surface area contributed by atoms with Crippen LogP contribution < -0.4 is 14.2 Å². The van der Waals surface area contributed by atoms with Gasteiger partial charge in [0.25, 0.3) is 0 Å². The molecule has 2 aromatic rings. The maximum Gasteiger partial charge on any atom is 0.335 e. The fourth-order valence-electron chi connectivity index (χ4n) is 2.93. The number of fused-ring (bicyclic) bond motifs is 1. The zero-order valence-corrected chi connectivity index (χ0v) is 16.8. The van der Waals surface area contributed by atoms with E-state index in [0.717, 1.165) is 28.4 Å². The van der Waals surface area contributed by atoms with Crippen LogP contribution in [-0.4, -0.2) is 38.7 Å². The lowest BCUT2D eigenvalue weighted by Crippen LogP contribution is -2.28. The third kappa shape index (κ3) is 5.99. The van der Waals surface area contributed by atoms with Crippen molar-refractivity contribution in [2.45, 2.75) is 26.4 Å². The Balaban J connectivity index is 1.49. The number of benzene rings is 2. The third-order valence-corrected chi connectivity index (χ3v) is 4.31. The first-order chi connectivity index (χ1) is 14.2. The molecule has 29 heavy (non-hydrogen) atoms. The average Bonchev–Trinajstić information content (AvgIpc) is 3.20. The van der Waals surface area contributed by atoms with Crippen molar-refractivity contribution in [1.29, 1.82) is 0 Å². The second-order valence-electron chi connectivity index (χ2n) is 6.37. The first-order valence-electron chi connectivity index (χ1n) is 9.75. The number of carbonyl (C=O) groups is 1. The van der Waals surface area contributed by atoms with Gasteiger partial charge >= 0.3 is 5.97 Å². The maximum absolute atomic E-state index is 12.0. The van der Waals surface area contributed by atoms with Crippen molar-refractivity contribution >= 4 is 12.0 Å². The molecule has 1 aliphatic heterocycles. The summed E-state index contributed by atoms with van der Waals surface area (Å²) in [5, 5.41) is 0. The van der Waals surface area contributed by atoms with Gasteiger partial charge in [0.2, 0.25) is 6.79 Å². The number of hydrogen-bond donors (Lipinski definition) is 0. The van der Waals surface area contributed by atoms with Crippen LogP contribution in [0.4, 0.5) is 0 Å². The summed E-state index contributed by atoms with van der Waals surface area (Å²) < 4.78 is 27.0. The smallest absolute Gasteiger partial charge is 0.335 e. The predicted molar refractivity (Wildman–Crippen MR) is 109 cm³/mol. The minimum Gasteiger partial charge on any atom is -0.490 e. The molecule has 0 fully saturated rings. The molecule has 0 radical (unpaired) electrons. The molecule has 0 saturated carbocycles. The summed E-state index contributed by atoms with van der Waals surface area (Å²) in [6, 6.07) is 13.4. The molecule has 1 aliphatic rings. The molecule has 1 atom stereocenters. The number of rotatable bonds is 10. The van der Waals surface area contributed by atoms with E-state index in [1.54, 1.807) is 6.92 Å². The first-order valence-corrected chi connectivity index (χ1v) is 9.75. The van der Waals surface area contributed by atoms with Gasteiger partial charge in [-0.25, -0.2) is 4.79 Å². The molecule has 154 valence electrons. The highest BCUT2D eigenvalue weighted by Crippen LogP contribution is 2.32. The minimum atomic E-state index is -0.587. The highest BCUT2D eigenvalue weighted by Gasteiger charge is 2.20. The van der Waals surface area contributed by atoms with Crippen LogP contribution in [0.2, 0.25) is 0 Å². The molecule has 0 saturated heterocycles. The second kappa shape index (κ2) is 10.5. The first kappa shape index (κ1) is 20.7. The van der Waals surface area contributed by atoms with Gasteiger partial charge in [0, 0.05) is 13.0 Å². The molecule has 0 amide bonds. The molecule has 6 heteroatoms. The molecule has 0 spiro atoms. The molecule has 0 N–H and O–H groups in total. The Morgan fingerprint density at radius 1 is 1.07 bits per heavy atom. The molecular formula is C23H26O6. The van der Waals surface area contributed by atoms with Crippen molar-refractivity contribution in [2.75, 3.05) is 26.6 Å². The second-order valence-corrected chi connectivity index (χ2v) is 6.37. The lowest BCUT2D eigenvalue weighted by molar-refractivity contribution is -0.156. The van der Waals surface area contributed by atoms with Crippen molar-refractivity contribution in [3.63, 3.8) is 0 Å². The summed E-state index contributed by atoms with van der Waals surface area (Å²) in [7, 11) is 0. The van der Waals surface area contributed by atoms with Gasteiger partial charge in [0.05, 0.1) is 6.61 Å². The highest BCUT2D eigenvalue weighted by molar-refractivity contribution is 5.75. The molecule has 3 rings (SSSR count). The van der Waals surface area contributed by atoms with Gasteiger partial charge in [-0.15, -0.1) is 0 Å². The zero-order chi connectivity index (χ0) is 20.5. The van der Waals surface area contributed by atoms with E-state index < -0.39 is 6.10 Å². The minimum absolute atomic E-state index is 0.271. The van der Waals surface area contributed by atoms with Crippen LogP contribution in [0, 0.1) is 0 Å². The number of hydrogen-bond acceptors (Lipinski definition) is 6. The number of carbonyl (C=O) groups excluding carboxylic acids is 1. The Kier molecular flexibility index (Phi) is 7.53. The van der Waals surface area contributed by atoms with Crippen LogP contribution >= 0.6 is 0 Å². The van der Waals surface area contributed by atoms with E-state index in [0.29, 0.717) is 26.2 Å². The number of esters is 1. The van der Waals surface area contributed by atoms with Gasteiger partial charge in [-0.2, -0.15) is 0 Å². The SMILES string of the molecule is CCOC(=O)C(Cc1ccc(OC/C=C/c2ccc3c(c2)OCO3)cc1)OCC. The number of ether oxygens (including phenoxy) is 5. The van der Waals surface area contributed by atoms with Crippen molar-refractivity contribution in [2.24, 2.45) is 0 Å². The summed E-state index contributed by atoms with van der Waals surface area (Å²) in [5.74, 6) is 1.96. The van der Waals surface area contributed by atoms with Crippen LogP contribution in [0.15, 0.2) is 48.5 Å². The molecule has 0 aliphatic carbocycles. The van der Waals surface area contributed by atoms with Crippen LogP contribution in [0.3, 0.4) is 0 Å². The fourth-order valence-corrected chi connectivity index (χ4v) is 2.93. The predicted octanol–water partition coefficient (Wildman–Crippen LogP) is 4.02. The average molecular weight is 398 g/mol. The lowest BCUT2D eigenvalue weighted by atomic mass is 10.1. The van der Waals surface area contributed by atoms with Crippen LogP contribution in [0.5, 0.6) is 17.2 Å². The van der Waals surface area contributed by atoms with E-state index in [1.807, 2.05) is 61.5 Å². The van der Waals surface area contributed by atoms with Crippen molar-refractivity contribution < 1.29 is 28.5 Å². The summed E-state index contributed by atoms with van der Waals surface area (Å²) >= 11 is 0. The van der Waals surface area contributed by atoms with Crippen molar-refractivity contribution in [3.05, 3.63) is 59.7 Å². The Morgan fingerprint density at radius 3 is 2.62 bits per heavy atom. The Bertz CT molecular complexity index is 828. The van der Waals surface area contributed by atoms with Gasteiger partial charge in [0.15, 0.2) is 17.6 Å². The molecule has 0 bridgehead atoms. The molecule has 2 aromatic carbocycles. The molecule has 1 heterocycles. The van der Waals surface area contributed by atoms with Crippen molar-refractivity contribution in [3.8, 4) is 17.2 Å². The fraction of sp³-hybridized carbons (Fsp3) is 0.348. The van der Waals surface area contributed by atoms with E-state index in [9.17, 15) is 4.79 Å². The third-order valence-electron chi connectivity index (χ3n) is 4.31. The monoisotopic (exact) mass is 398 g/mol. The van der Waals surface area contributed by atoms with Gasteiger partial charge in [-0.3, -0.25) is 0 Å². The zero-order valence-electron chi connectivity index (χ0n) is 16.8. The maximum atomic E-state index is 12.0. The molecular weight excluding hydrogens is 372 g/mol. The van der Waals surface area contributed by atoms with Gasteiger partial charge in [-0.05, 0) is 55.3 Å². The van der Waals surface area contributed by atoms with E-state index in [1.165, 1.54) is 0 Å². The van der Waals surface area contributed by atoms with E-state index in [4.69, 9.17) is 23.7 Å². The quantitative estimate of drug-likeness (QED) is 0.564. The Morgan fingerprint density at radius 2 is 1.86 bits per heavy atom. The largest absolute Gasteiger partial charge is 0.490 e. The summed E-state index contributed by atoms with van der Waals surface area (Å²) in [4.78, 5) is 12.0. The van der Waals surface area contributed by atoms with Gasteiger partial charge in [0.1, 0.15) is 12.4 Å². The van der Waals surface area contributed by atoms with Gasteiger partial charge in [-0.1, -0.05) is 24.3 Å². The summed E-state index contributed by atoms with van der Waals surface area (Å²) in [5.41, 5.74) is 2.01. The standard InChI is InChI=1S/C23H26O6/c1-3-25-22(23(24)26-4-2)15-18-7-10-19(11-8-18)27-13-5-6-17-9-12-20-21(14-17)29-16-28-20/h5-12,14,22H,3-4,13,15-16H2,1-2H3/b6-5+. The Labute approximate surface area is 171 Å². The topological polar surface area (TPSA) is 63.2 Å². The van der Waals surface area contributed by atoms with Crippen LogP contribution in [0.25, 0.3) is 6.08 Å². The normalized spacial score (nSPS) is 13.4. The lowest BCUT2D eigenvalue weighted by Gasteiger charge is -2.15. The summed E-state index contributed by atoms with van der Waals surface area (Å²) in [6.07, 6.45) is 3.80. The molecule has 1 unspecified atom stereocenters.